The first-order valence-corrected chi connectivity index (χ1v) is 19.0. The van der Waals surface area contributed by atoms with Crippen LogP contribution in [0.15, 0.2) is 60.7 Å². The standard InChI is InChI=1S/C41H59N5O6/c1-27(2)23-33(37(48)41(5)26-52-41)44-40(51)35(25-30-15-10-7-11-16-30)46-39(50)34(24-28(3)4)45-38(49)32(21-18-29-13-8-6-9-14-29)43-36(47)17-12-22-42-31-19-20-31/h6-11,13-16,27-28,31-35,42H,12,17-26H2,1-5H3,(H,43,47)(H,44,51)(H,45,49)(H,46,50)/t32-,33?,34?,35-,41+/m0/s1. The molecule has 11 nitrogen and oxygen atoms in total. The van der Waals surface area contributed by atoms with E-state index >= 15 is 0 Å². The molecule has 284 valence electrons. The number of ether oxygens (including phenoxy) is 1. The van der Waals surface area contributed by atoms with E-state index in [0.29, 0.717) is 44.8 Å². The molecule has 0 aromatic heterocycles. The Morgan fingerprint density at radius 1 is 0.712 bits per heavy atom. The maximum Gasteiger partial charge on any atom is 0.243 e. The molecule has 52 heavy (non-hydrogen) atoms. The number of ketones is 1. The highest BCUT2D eigenvalue weighted by atomic mass is 16.6. The summed E-state index contributed by atoms with van der Waals surface area (Å²) in [4.78, 5) is 68.2. The third-order valence-corrected chi connectivity index (χ3v) is 9.50. The summed E-state index contributed by atoms with van der Waals surface area (Å²) in [7, 11) is 0. The molecular formula is C41H59N5O6. The fourth-order valence-electron chi connectivity index (χ4n) is 6.23. The first-order valence-electron chi connectivity index (χ1n) is 19.0. The van der Waals surface area contributed by atoms with Gasteiger partial charge in [0.15, 0.2) is 5.78 Å². The molecule has 5 atom stereocenters. The summed E-state index contributed by atoms with van der Waals surface area (Å²) in [6.07, 6.45) is 5.12. The molecule has 1 saturated carbocycles. The molecule has 2 unspecified atom stereocenters. The normalized spacial score (nSPS) is 18.9. The van der Waals surface area contributed by atoms with E-state index in [9.17, 15) is 24.0 Å². The van der Waals surface area contributed by atoms with E-state index in [4.69, 9.17) is 4.74 Å². The van der Waals surface area contributed by atoms with Crippen LogP contribution in [-0.4, -0.2) is 78.4 Å². The Morgan fingerprint density at radius 2 is 1.23 bits per heavy atom. The Kier molecular flexibility index (Phi) is 15.4. The Bertz CT molecular complexity index is 1480. The van der Waals surface area contributed by atoms with Crippen LogP contribution in [0.4, 0.5) is 0 Å². The molecule has 2 aromatic carbocycles. The van der Waals surface area contributed by atoms with Gasteiger partial charge in [0.2, 0.25) is 23.6 Å². The topological polar surface area (TPSA) is 158 Å². The molecule has 0 radical (unpaired) electrons. The van der Waals surface area contributed by atoms with Gasteiger partial charge in [-0.15, -0.1) is 0 Å². The lowest BCUT2D eigenvalue weighted by Gasteiger charge is -2.28. The van der Waals surface area contributed by atoms with Gasteiger partial charge in [0.25, 0.3) is 0 Å². The van der Waals surface area contributed by atoms with Crippen LogP contribution < -0.4 is 26.6 Å². The van der Waals surface area contributed by atoms with E-state index in [2.05, 4.69) is 26.6 Å². The Hall–Kier alpha value is -4.09. The maximum atomic E-state index is 14.1. The molecule has 1 aliphatic heterocycles. The zero-order valence-corrected chi connectivity index (χ0v) is 31.5. The Balaban J connectivity index is 1.48. The van der Waals surface area contributed by atoms with Crippen LogP contribution in [0, 0.1) is 11.8 Å². The number of Topliss-reactive ketones (excluding diaryl/α,β-unsaturated/α-hetero) is 1. The van der Waals surface area contributed by atoms with Crippen molar-refractivity contribution in [3.8, 4) is 0 Å². The van der Waals surface area contributed by atoms with E-state index < -0.39 is 47.5 Å². The van der Waals surface area contributed by atoms with Crippen LogP contribution >= 0.6 is 0 Å². The van der Waals surface area contributed by atoms with Crippen molar-refractivity contribution in [2.24, 2.45) is 11.8 Å². The molecule has 1 heterocycles. The number of nitrogens with one attached hydrogen (secondary N) is 5. The third kappa shape index (κ3) is 13.8. The van der Waals surface area contributed by atoms with Crippen molar-refractivity contribution >= 4 is 29.4 Å². The van der Waals surface area contributed by atoms with Crippen molar-refractivity contribution in [1.29, 1.82) is 0 Å². The zero-order chi connectivity index (χ0) is 37.7. The van der Waals surface area contributed by atoms with Crippen LogP contribution in [0.1, 0.15) is 90.7 Å². The number of aryl methyl sites for hydroxylation is 1. The summed E-state index contributed by atoms with van der Waals surface area (Å²) in [5.41, 5.74) is 0.941. The molecule has 0 spiro atoms. The second-order valence-electron chi connectivity index (χ2n) is 15.5. The van der Waals surface area contributed by atoms with Crippen molar-refractivity contribution in [3.05, 3.63) is 71.8 Å². The Labute approximate surface area is 309 Å². The summed E-state index contributed by atoms with van der Waals surface area (Å²) in [5.74, 6) is -1.70. The van der Waals surface area contributed by atoms with E-state index in [-0.39, 0.29) is 36.4 Å². The molecule has 4 amide bonds. The summed E-state index contributed by atoms with van der Waals surface area (Å²) in [5, 5.41) is 15.1. The van der Waals surface area contributed by atoms with Gasteiger partial charge in [-0.3, -0.25) is 24.0 Å². The molecule has 11 heteroatoms. The molecular weight excluding hydrogens is 658 g/mol. The van der Waals surface area contributed by atoms with Gasteiger partial charge in [0.05, 0.1) is 12.6 Å². The number of carbonyl (C=O) groups excluding carboxylic acids is 5. The smallest absolute Gasteiger partial charge is 0.243 e. The fraction of sp³-hybridized carbons (Fsp3) is 0.585. The largest absolute Gasteiger partial charge is 0.361 e. The number of carbonyl (C=O) groups is 5. The maximum absolute atomic E-state index is 14.1. The lowest BCUT2D eigenvalue weighted by atomic mass is 9.93. The predicted octanol–water partition coefficient (Wildman–Crippen LogP) is 3.78. The highest BCUT2D eigenvalue weighted by Crippen LogP contribution is 2.29. The fourth-order valence-corrected chi connectivity index (χ4v) is 6.23. The first kappa shape index (κ1) is 40.7. The summed E-state index contributed by atoms with van der Waals surface area (Å²) in [6, 6.07) is 16.0. The highest BCUT2D eigenvalue weighted by molar-refractivity contribution is 5.98. The van der Waals surface area contributed by atoms with Crippen LogP contribution in [0.2, 0.25) is 0 Å². The number of hydrogen-bond donors (Lipinski definition) is 5. The lowest BCUT2D eigenvalue weighted by molar-refractivity contribution is -0.135. The summed E-state index contributed by atoms with van der Waals surface area (Å²) in [6.45, 7) is 10.6. The number of rotatable bonds is 23. The van der Waals surface area contributed by atoms with Crippen LogP contribution in [-0.2, 0) is 41.6 Å². The van der Waals surface area contributed by atoms with Crippen molar-refractivity contribution in [1.82, 2.24) is 26.6 Å². The molecule has 1 aliphatic carbocycles. The average Bonchev–Trinajstić information content (AvgIpc) is 4.06. The molecule has 2 aromatic rings. The lowest BCUT2D eigenvalue weighted by Crippen LogP contribution is -2.59. The van der Waals surface area contributed by atoms with Crippen molar-refractivity contribution < 1.29 is 28.7 Å². The van der Waals surface area contributed by atoms with Crippen molar-refractivity contribution in [3.63, 3.8) is 0 Å². The van der Waals surface area contributed by atoms with Crippen LogP contribution in [0.3, 0.4) is 0 Å². The van der Waals surface area contributed by atoms with Gasteiger partial charge in [-0.05, 0) is 81.4 Å². The second kappa shape index (κ2) is 19.7. The summed E-state index contributed by atoms with van der Waals surface area (Å²) >= 11 is 0. The van der Waals surface area contributed by atoms with Crippen molar-refractivity contribution in [2.75, 3.05) is 13.2 Å². The van der Waals surface area contributed by atoms with Crippen LogP contribution in [0.25, 0.3) is 0 Å². The molecule has 2 fully saturated rings. The van der Waals surface area contributed by atoms with Gasteiger partial charge in [0, 0.05) is 18.9 Å². The minimum Gasteiger partial charge on any atom is -0.361 e. The average molecular weight is 718 g/mol. The Morgan fingerprint density at radius 3 is 1.81 bits per heavy atom. The quantitative estimate of drug-likeness (QED) is 0.0865. The van der Waals surface area contributed by atoms with Gasteiger partial charge >= 0.3 is 0 Å². The second-order valence-corrected chi connectivity index (χ2v) is 15.5. The van der Waals surface area contributed by atoms with E-state index in [1.165, 1.54) is 12.8 Å². The third-order valence-electron chi connectivity index (χ3n) is 9.50. The molecule has 1 saturated heterocycles. The van der Waals surface area contributed by atoms with Crippen molar-refractivity contribution in [2.45, 2.75) is 128 Å². The predicted molar refractivity (Wildman–Crippen MR) is 201 cm³/mol. The van der Waals surface area contributed by atoms with Gasteiger partial charge < -0.3 is 31.3 Å². The molecule has 2 aliphatic rings. The number of amides is 4. The monoisotopic (exact) mass is 717 g/mol. The SMILES string of the molecule is CC(C)CC(NC(=O)[C@H](CCc1ccccc1)NC(=O)CCCNC1CC1)C(=O)N[C@@H](Cc1ccccc1)C(=O)NC(CC(C)C)C(=O)[C@@]1(C)CO1. The van der Waals surface area contributed by atoms with E-state index in [1.54, 1.807) is 6.92 Å². The number of epoxide rings is 1. The van der Waals surface area contributed by atoms with E-state index in [1.807, 2.05) is 88.4 Å². The van der Waals surface area contributed by atoms with Gasteiger partial charge in [-0.2, -0.15) is 0 Å². The minimum absolute atomic E-state index is 0.0288. The minimum atomic E-state index is -1.02. The zero-order valence-electron chi connectivity index (χ0n) is 31.5. The molecule has 0 bridgehead atoms. The summed E-state index contributed by atoms with van der Waals surface area (Å²) < 4.78 is 5.41. The number of hydrogen-bond acceptors (Lipinski definition) is 7. The molecule has 5 N–H and O–H groups in total. The van der Waals surface area contributed by atoms with Gasteiger partial charge in [-0.1, -0.05) is 88.4 Å². The van der Waals surface area contributed by atoms with Gasteiger partial charge in [-0.25, -0.2) is 0 Å². The van der Waals surface area contributed by atoms with E-state index in [0.717, 1.165) is 17.7 Å². The highest BCUT2D eigenvalue weighted by Gasteiger charge is 2.50. The molecule has 4 rings (SSSR count). The van der Waals surface area contributed by atoms with Gasteiger partial charge in [0.1, 0.15) is 23.7 Å². The van der Waals surface area contributed by atoms with Crippen LogP contribution in [0.5, 0.6) is 0 Å². The first-order chi connectivity index (χ1) is 24.8. The number of benzene rings is 2.